The molecule has 1 N–H and O–H groups in total. The highest BCUT2D eigenvalue weighted by Crippen LogP contribution is 2.24. The Labute approximate surface area is 195 Å². The van der Waals surface area contributed by atoms with Crippen molar-refractivity contribution in [2.45, 2.75) is 39.4 Å². The molecule has 2 atom stereocenters. The zero-order chi connectivity index (χ0) is 24.4. The number of carbonyl (C=O) groups is 1. The summed E-state index contributed by atoms with van der Waals surface area (Å²) in [4.78, 5) is 26.0. The van der Waals surface area contributed by atoms with Gasteiger partial charge in [-0.15, -0.1) is 0 Å². The minimum absolute atomic E-state index is 0.219. The number of carbonyl (C=O) groups excluding carboxylic acids is 1. The highest BCUT2D eigenvalue weighted by atomic mass is 19.2. The molecule has 0 aliphatic carbocycles. The van der Waals surface area contributed by atoms with E-state index in [2.05, 4.69) is 15.3 Å². The predicted octanol–water partition coefficient (Wildman–Crippen LogP) is 2.97. The summed E-state index contributed by atoms with van der Waals surface area (Å²) in [5, 5.41) is 3.16. The molecule has 1 aromatic rings. The molecule has 0 spiro atoms. The molecule has 33 heavy (non-hydrogen) atoms. The van der Waals surface area contributed by atoms with Crippen molar-refractivity contribution in [3.63, 3.8) is 0 Å². The zero-order valence-corrected chi connectivity index (χ0v) is 20.1. The smallest absolute Gasteiger partial charge is 0.289 e. The van der Waals surface area contributed by atoms with Gasteiger partial charge in [0.05, 0.1) is 19.2 Å². The van der Waals surface area contributed by atoms with E-state index >= 15 is 0 Å². The van der Waals surface area contributed by atoms with Crippen LogP contribution in [0.1, 0.15) is 32.8 Å². The van der Waals surface area contributed by atoms with Crippen molar-refractivity contribution >= 4 is 23.5 Å². The van der Waals surface area contributed by atoms with Gasteiger partial charge in [0, 0.05) is 32.3 Å². The number of rotatable bonds is 8. The molecule has 1 amide bonds. The third-order valence-electron chi connectivity index (χ3n) is 5.15. The summed E-state index contributed by atoms with van der Waals surface area (Å²) in [7, 11) is 3.89. The van der Waals surface area contributed by atoms with E-state index in [1.807, 2.05) is 45.8 Å². The lowest BCUT2D eigenvalue weighted by Gasteiger charge is -2.27. The number of hydrogen-bond donors (Lipinski definition) is 1. The van der Waals surface area contributed by atoms with Crippen molar-refractivity contribution in [1.82, 2.24) is 15.1 Å². The van der Waals surface area contributed by atoms with Crippen LogP contribution in [-0.2, 0) is 9.53 Å². The number of nitrogens with one attached hydrogen (secondary N) is 1. The Balaban J connectivity index is 0.00000187. The van der Waals surface area contributed by atoms with Crippen molar-refractivity contribution in [2.75, 3.05) is 46.9 Å². The molecule has 7 nitrogen and oxygen atoms in total. The summed E-state index contributed by atoms with van der Waals surface area (Å²) in [6.45, 7) is 8.43. The van der Waals surface area contributed by atoms with Crippen LogP contribution in [0, 0.1) is 11.6 Å². The second kappa shape index (κ2) is 13.2. The van der Waals surface area contributed by atoms with Gasteiger partial charge in [-0.3, -0.25) is 14.8 Å². The first-order chi connectivity index (χ1) is 15.9. The fourth-order valence-electron chi connectivity index (χ4n) is 3.49. The van der Waals surface area contributed by atoms with Gasteiger partial charge < -0.3 is 19.9 Å². The molecule has 0 aromatic heterocycles. The monoisotopic (exact) mass is 463 g/mol. The van der Waals surface area contributed by atoms with Crippen LogP contribution in [0.3, 0.4) is 0 Å². The maximum atomic E-state index is 13.8. The fraction of sp³-hybridized carbons (Fsp3) is 0.542. The third-order valence-corrected chi connectivity index (χ3v) is 5.15. The quantitative estimate of drug-likeness (QED) is 0.602. The number of amides is 1. The average Bonchev–Trinajstić information content (AvgIpc) is 3.07. The summed E-state index contributed by atoms with van der Waals surface area (Å²) in [5.41, 5.74) is 1.14. The van der Waals surface area contributed by atoms with Crippen LogP contribution in [0.4, 0.5) is 8.78 Å². The molecule has 3 rings (SSSR count). The highest BCUT2D eigenvalue weighted by Gasteiger charge is 2.34. The van der Waals surface area contributed by atoms with Gasteiger partial charge in [0.15, 0.2) is 17.5 Å². The molecule has 2 unspecified atom stereocenters. The number of aliphatic imine (C=N–C) groups is 2. The van der Waals surface area contributed by atoms with Gasteiger partial charge in [0.1, 0.15) is 6.17 Å². The molecule has 182 valence electrons. The van der Waals surface area contributed by atoms with E-state index in [1.165, 1.54) is 6.07 Å². The number of fused-ring (bicyclic) bond motifs is 2. The minimum atomic E-state index is -0.922. The van der Waals surface area contributed by atoms with Crippen LogP contribution in [0.2, 0.25) is 0 Å². The molecule has 0 saturated carbocycles. The Hall–Kier alpha value is -2.65. The molecule has 2 aliphatic heterocycles. The SMILES string of the molecule is CC.CCOCCN1C(=O)C(=NCCN(C)C)NC2CC1C=C(c1ccc(F)c(F)c1)C=N2. The van der Waals surface area contributed by atoms with E-state index in [0.29, 0.717) is 43.9 Å². The number of hydrogen-bond acceptors (Lipinski definition) is 5. The van der Waals surface area contributed by atoms with Crippen molar-refractivity contribution < 1.29 is 18.3 Å². The van der Waals surface area contributed by atoms with Crippen LogP contribution in [0.25, 0.3) is 5.57 Å². The molecular formula is C24H35F2N5O2. The van der Waals surface area contributed by atoms with Crippen molar-refractivity contribution in [3.8, 4) is 0 Å². The molecule has 2 heterocycles. The first kappa shape index (κ1) is 26.6. The van der Waals surface area contributed by atoms with E-state index in [1.54, 1.807) is 11.1 Å². The number of likely N-dealkylation sites (N-methyl/N-ethyl adjacent to an activating group) is 1. The zero-order valence-electron chi connectivity index (χ0n) is 20.1. The molecule has 2 aliphatic rings. The van der Waals surface area contributed by atoms with E-state index in [4.69, 9.17) is 4.74 Å². The first-order valence-electron chi connectivity index (χ1n) is 11.4. The first-order valence-corrected chi connectivity index (χ1v) is 11.4. The Morgan fingerprint density at radius 2 is 2.03 bits per heavy atom. The maximum Gasteiger partial charge on any atom is 0.289 e. The third kappa shape index (κ3) is 7.43. The predicted molar refractivity (Wildman–Crippen MR) is 129 cm³/mol. The van der Waals surface area contributed by atoms with Gasteiger partial charge >= 0.3 is 0 Å². The molecule has 1 saturated heterocycles. The second-order valence-corrected chi connectivity index (χ2v) is 7.72. The van der Waals surface area contributed by atoms with E-state index in [-0.39, 0.29) is 24.0 Å². The summed E-state index contributed by atoms with van der Waals surface area (Å²) < 4.78 is 32.6. The molecule has 2 bridgehead atoms. The molecule has 1 fully saturated rings. The lowest BCUT2D eigenvalue weighted by molar-refractivity contribution is -0.126. The van der Waals surface area contributed by atoms with Gasteiger partial charge in [-0.1, -0.05) is 26.0 Å². The summed E-state index contributed by atoms with van der Waals surface area (Å²) in [6.07, 6.45) is 3.69. The normalized spacial score (nSPS) is 21.2. The number of halogens is 2. The average molecular weight is 464 g/mol. The highest BCUT2D eigenvalue weighted by molar-refractivity contribution is 6.38. The van der Waals surface area contributed by atoms with Crippen molar-refractivity contribution in [3.05, 3.63) is 41.5 Å². The van der Waals surface area contributed by atoms with Crippen LogP contribution < -0.4 is 5.32 Å². The lowest BCUT2D eigenvalue weighted by atomic mass is 10.0. The van der Waals surface area contributed by atoms with Gasteiger partial charge in [-0.2, -0.15) is 0 Å². The number of nitrogens with zero attached hydrogens (tertiary/aromatic N) is 4. The standard InChI is InChI=1S/C22H29F2N5O2.C2H6/c1-4-31-10-9-29-17-11-16(15-5-6-18(23)19(24)12-15)14-26-20(13-17)27-21(22(29)30)25-7-8-28(2)3;1-2/h5-6,11-12,14,17,20H,4,7-10,13H2,1-3H3,(H,25,27);1-2H3. The lowest BCUT2D eigenvalue weighted by Crippen LogP contribution is -2.45. The van der Waals surface area contributed by atoms with Crippen LogP contribution in [0.15, 0.2) is 34.3 Å². The minimum Gasteiger partial charge on any atom is -0.380 e. The van der Waals surface area contributed by atoms with Crippen LogP contribution in [0.5, 0.6) is 0 Å². The Morgan fingerprint density at radius 1 is 1.27 bits per heavy atom. The Kier molecular flexibility index (Phi) is 10.6. The van der Waals surface area contributed by atoms with E-state index in [9.17, 15) is 13.6 Å². The molecule has 0 radical (unpaired) electrons. The van der Waals surface area contributed by atoms with Crippen molar-refractivity contribution in [2.24, 2.45) is 9.98 Å². The Morgan fingerprint density at radius 3 is 2.70 bits per heavy atom. The van der Waals surface area contributed by atoms with Gasteiger partial charge in [-0.05, 0) is 44.3 Å². The van der Waals surface area contributed by atoms with Crippen molar-refractivity contribution in [1.29, 1.82) is 0 Å². The number of amidine groups is 1. The number of benzene rings is 1. The van der Waals surface area contributed by atoms with E-state index in [0.717, 1.165) is 18.7 Å². The van der Waals surface area contributed by atoms with Gasteiger partial charge in [-0.25, -0.2) is 8.78 Å². The van der Waals surface area contributed by atoms with Gasteiger partial charge in [0.25, 0.3) is 5.91 Å². The van der Waals surface area contributed by atoms with E-state index < -0.39 is 11.6 Å². The van der Waals surface area contributed by atoms with Crippen LogP contribution >= 0.6 is 0 Å². The Bertz CT molecular complexity index is 886. The number of ether oxygens (including phenoxy) is 1. The summed E-state index contributed by atoms with van der Waals surface area (Å²) >= 11 is 0. The maximum absolute atomic E-state index is 13.8. The molecule has 1 aromatic carbocycles. The summed E-state index contributed by atoms with van der Waals surface area (Å²) in [6, 6.07) is 3.45. The largest absolute Gasteiger partial charge is 0.380 e. The topological polar surface area (TPSA) is 69.5 Å². The molecule has 9 heteroatoms. The fourth-order valence-corrected chi connectivity index (χ4v) is 3.49. The molecular weight excluding hydrogens is 428 g/mol. The summed E-state index contributed by atoms with van der Waals surface area (Å²) in [5.74, 6) is -1.76. The van der Waals surface area contributed by atoms with Crippen LogP contribution in [-0.4, -0.2) is 86.9 Å². The number of allylic oxidation sites excluding steroid dienone is 1. The van der Waals surface area contributed by atoms with Gasteiger partial charge in [0.2, 0.25) is 0 Å². The second-order valence-electron chi connectivity index (χ2n) is 7.72.